The second-order valence-electron chi connectivity index (χ2n) is 4.67. The van der Waals surface area contributed by atoms with Crippen LogP contribution in [-0.4, -0.2) is 29.7 Å². The van der Waals surface area contributed by atoms with Gasteiger partial charge in [0.05, 0.1) is 4.92 Å². The molecule has 0 amide bonds. The highest BCUT2D eigenvalue weighted by atomic mass is 16.6. The highest BCUT2D eigenvalue weighted by molar-refractivity contribution is 5.63. The zero-order valence-electron chi connectivity index (χ0n) is 11.6. The number of ether oxygens (including phenoxy) is 1. The standard InChI is InChI=1S/C13H18N4O3/c1-10(2)9-20-7-3-5-15-13-12(17(18)19)11(8-14)4-6-16-13/h4,6,10H,3,5,7,9H2,1-2H3,(H,15,16). The van der Waals surface area contributed by atoms with E-state index in [1.54, 1.807) is 6.07 Å². The summed E-state index contributed by atoms with van der Waals surface area (Å²) < 4.78 is 5.41. The van der Waals surface area contributed by atoms with E-state index in [4.69, 9.17) is 10.00 Å². The van der Waals surface area contributed by atoms with Crippen molar-refractivity contribution in [1.82, 2.24) is 4.98 Å². The van der Waals surface area contributed by atoms with Gasteiger partial charge in [-0.15, -0.1) is 0 Å². The van der Waals surface area contributed by atoms with E-state index < -0.39 is 4.92 Å². The molecule has 1 aromatic rings. The van der Waals surface area contributed by atoms with Crippen LogP contribution in [-0.2, 0) is 4.74 Å². The second-order valence-corrected chi connectivity index (χ2v) is 4.67. The summed E-state index contributed by atoms with van der Waals surface area (Å²) >= 11 is 0. The van der Waals surface area contributed by atoms with E-state index >= 15 is 0 Å². The first kappa shape index (κ1) is 15.9. The van der Waals surface area contributed by atoms with Crippen LogP contribution in [0.3, 0.4) is 0 Å². The molecule has 1 heterocycles. The number of hydrogen-bond acceptors (Lipinski definition) is 6. The van der Waals surface area contributed by atoms with Gasteiger partial charge in [0, 0.05) is 26.0 Å². The van der Waals surface area contributed by atoms with Gasteiger partial charge in [-0.05, 0) is 18.4 Å². The molecule has 7 nitrogen and oxygen atoms in total. The lowest BCUT2D eigenvalue weighted by molar-refractivity contribution is -0.384. The van der Waals surface area contributed by atoms with E-state index in [0.29, 0.717) is 32.1 Å². The zero-order valence-corrected chi connectivity index (χ0v) is 11.6. The fourth-order valence-corrected chi connectivity index (χ4v) is 1.56. The van der Waals surface area contributed by atoms with Gasteiger partial charge in [-0.2, -0.15) is 5.26 Å². The number of rotatable bonds is 8. The zero-order chi connectivity index (χ0) is 15.0. The molecule has 0 fully saturated rings. The van der Waals surface area contributed by atoms with Crippen molar-refractivity contribution in [2.75, 3.05) is 25.1 Å². The van der Waals surface area contributed by atoms with Crippen LogP contribution in [0.2, 0.25) is 0 Å². The number of pyridine rings is 1. The van der Waals surface area contributed by atoms with Crippen LogP contribution in [0.15, 0.2) is 12.3 Å². The quantitative estimate of drug-likeness (QED) is 0.445. The summed E-state index contributed by atoms with van der Waals surface area (Å²) in [5.74, 6) is 0.607. The van der Waals surface area contributed by atoms with Gasteiger partial charge in [0.25, 0.3) is 0 Å². The third kappa shape index (κ3) is 4.82. The van der Waals surface area contributed by atoms with Crippen LogP contribution < -0.4 is 5.32 Å². The van der Waals surface area contributed by atoms with Crippen molar-refractivity contribution in [1.29, 1.82) is 5.26 Å². The van der Waals surface area contributed by atoms with Crippen molar-refractivity contribution >= 4 is 11.5 Å². The average molecular weight is 278 g/mol. The Labute approximate surface area is 117 Å². The van der Waals surface area contributed by atoms with Gasteiger partial charge >= 0.3 is 5.69 Å². The Hall–Kier alpha value is -2.20. The molecule has 20 heavy (non-hydrogen) atoms. The molecule has 1 rings (SSSR count). The SMILES string of the molecule is CC(C)COCCCNc1nccc(C#N)c1[N+](=O)[O-]. The first-order chi connectivity index (χ1) is 9.56. The van der Waals surface area contributed by atoms with Crippen molar-refractivity contribution in [3.05, 3.63) is 27.9 Å². The van der Waals surface area contributed by atoms with Crippen LogP contribution in [0.1, 0.15) is 25.8 Å². The smallest absolute Gasteiger partial charge is 0.328 e. The van der Waals surface area contributed by atoms with Crippen molar-refractivity contribution in [3.63, 3.8) is 0 Å². The lowest BCUT2D eigenvalue weighted by atomic mass is 10.2. The third-order valence-corrected chi connectivity index (χ3v) is 2.44. The van der Waals surface area contributed by atoms with Gasteiger partial charge in [0.2, 0.25) is 5.82 Å². The molecular weight excluding hydrogens is 260 g/mol. The molecule has 0 aliphatic heterocycles. The molecule has 0 saturated carbocycles. The van der Waals surface area contributed by atoms with Crippen LogP contribution in [0, 0.1) is 27.4 Å². The van der Waals surface area contributed by atoms with E-state index in [-0.39, 0.29) is 17.1 Å². The maximum absolute atomic E-state index is 11.0. The topological polar surface area (TPSA) is 101 Å². The summed E-state index contributed by atoms with van der Waals surface area (Å²) in [6.07, 6.45) is 2.09. The minimum absolute atomic E-state index is 0.00329. The van der Waals surface area contributed by atoms with E-state index in [2.05, 4.69) is 24.1 Å². The number of nitriles is 1. The number of nitrogens with zero attached hydrogens (tertiary/aromatic N) is 3. The van der Waals surface area contributed by atoms with Crippen molar-refractivity contribution in [2.24, 2.45) is 5.92 Å². The summed E-state index contributed by atoms with van der Waals surface area (Å²) in [5, 5.41) is 22.7. The number of hydrogen-bond donors (Lipinski definition) is 1. The van der Waals surface area contributed by atoms with Crippen molar-refractivity contribution in [3.8, 4) is 6.07 Å². The predicted molar refractivity (Wildman–Crippen MR) is 74.4 cm³/mol. The maximum Gasteiger partial charge on any atom is 0.328 e. The van der Waals surface area contributed by atoms with Gasteiger partial charge < -0.3 is 10.1 Å². The minimum atomic E-state index is -0.594. The molecule has 0 aromatic carbocycles. The molecule has 0 unspecified atom stereocenters. The monoisotopic (exact) mass is 278 g/mol. The van der Waals surface area contributed by atoms with E-state index in [1.807, 2.05) is 0 Å². The Morgan fingerprint density at radius 1 is 1.60 bits per heavy atom. The predicted octanol–water partition coefficient (Wildman–Crippen LogP) is 2.34. The van der Waals surface area contributed by atoms with Gasteiger partial charge in [0.1, 0.15) is 11.6 Å². The first-order valence-corrected chi connectivity index (χ1v) is 6.41. The van der Waals surface area contributed by atoms with Gasteiger partial charge in [-0.1, -0.05) is 13.8 Å². The largest absolute Gasteiger partial charge is 0.381 e. The molecule has 0 atom stereocenters. The Kier molecular flexibility index (Phi) is 6.40. The Bertz CT molecular complexity index is 497. The second kappa shape index (κ2) is 8.07. The normalized spacial score (nSPS) is 10.3. The Morgan fingerprint density at radius 2 is 2.35 bits per heavy atom. The molecule has 1 N–H and O–H groups in total. The fraction of sp³-hybridized carbons (Fsp3) is 0.538. The number of nitrogens with one attached hydrogen (secondary N) is 1. The molecule has 0 bridgehead atoms. The average Bonchev–Trinajstić information content (AvgIpc) is 2.41. The van der Waals surface area contributed by atoms with E-state index in [0.717, 1.165) is 0 Å². The van der Waals surface area contributed by atoms with Crippen LogP contribution in [0.25, 0.3) is 0 Å². The van der Waals surface area contributed by atoms with Crippen LogP contribution in [0.5, 0.6) is 0 Å². The number of anilines is 1. The molecule has 0 radical (unpaired) electrons. The summed E-state index contributed by atoms with van der Waals surface area (Å²) in [4.78, 5) is 14.3. The van der Waals surface area contributed by atoms with Gasteiger partial charge in [0.15, 0.2) is 0 Å². The molecule has 108 valence electrons. The summed E-state index contributed by atoms with van der Waals surface area (Å²) in [5.41, 5.74) is -0.276. The molecule has 0 saturated heterocycles. The third-order valence-electron chi connectivity index (χ3n) is 2.44. The maximum atomic E-state index is 11.0. The Morgan fingerprint density at radius 3 is 2.95 bits per heavy atom. The van der Waals surface area contributed by atoms with E-state index in [9.17, 15) is 10.1 Å². The summed E-state index contributed by atoms with van der Waals surface area (Å²) in [6.45, 7) is 5.91. The molecule has 0 aliphatic rings. The highest BCUT2D eigenvalue weighted by Gasteiger charge is 2.20. The molecule has 0 spiro atoms. The van der Waals surface area contributed by atoms with E-state index in [1.165, 1.54) is 12.3 Å². The summed E-state index contributed by atoms with van der Waals surface area (Å²) in [6, 6.07) is 3.12. The number of aromatic nitrogens is 1. The lowest BCUT2D eigenvalue weighted by Crippen LogP contribution is -2.11. The molecule has 0 aliphatic carbocycles. The fourth-order valence-electron chi connectivity index (χ4n) is 1.56. The minimum Gasteiger partial charge on any atom is -0.381 e. The van der Waals surface area contributed by atoms with Crippen LogP contribution in [0.4, 0.5) is 11.5 Å². The lowest BCUT2D eigenvalue weighted by Gasteiger charge is -2.08. The highest BCUT2D eigenvalue weighted by Crippen LogP contribution is 2.25. The van der Waals surface area contributed by atoms with Crippen LogP contribution >= 0.6 is 0 Å². The van der Waals surface area contributed by atoms with Gasteiger partial charge in [-0.3, -0.25) is 10.1 Å². The molecular formula is C13H18N4O3. The first-order valence-electron chi connectivity index (χ1n) is 6.41. The molecule has 1 aromatic heterocycles. The van der Waals surface area contributed by atoms with Crippen molar-refractivity contribution in [2.45, 2.75) is 20.3 Å². The number of nitro groups is 1. The Balaban J connectivity index is 2.52. The van der Waals surface area contributed by atoms with Gasteiger partial charge in [-0.25, -0.2) is 4.98 Å². The van der Waals surface area contributed by atoms with Crippen molar-refractivity contribution < 1.29 is 9.66 Å². The molecule has 7 heteroatoms. The summed E-state index contributed by atoms with van der Waals surface area (Å²) in [7, 11) is 0.